The highest BCUT2D eigenvalue weighted by molar-refractivity contribution is 5.78. The number of rotatable bonds is 5. The molecule has 0 aliphatic carbocycles. The van der Waals surface area contributed by atoms with Crippen molar-refractivity contribution in [2.24, 2.45) is 0 Å². The largest absolute Gasteiger partial charge is 0.353 e. The summed E-state index contributed by atoms with van der Waals surface area (Å²) in [7, 11) is 0. The van der Waals surface area contributed by atoms with E-state index in [2.05, 4.69) is 22.2 Å². The smallest absolute Gasteiger partial charge is 0.254 e. The SMILES string of the molecule is CCC[C@@H](C)NC(=O)Cc1c(C)nc(C)[nH]c1=O. The number of H-pyrrole nitrogens is 1. The van der Waals surface area contributed by atoms with Crippen molar-refractivity contribution in [2.45, 2.75) is 53.0 Å². The third-order valence-electron chi connectivity index (χ3n) is 2.81. The summed E-state index contributed by atoms with van der Waals surface area (Å²) in [4.78, 5) is 30.3. The predicted molar refractivity (Wildman–Crippen MR) is 70.5 cm³/mol. The van der Waals surface area contributed by atoms with E-state index in [1.165, 1.54) is 0 Å². The molecule has 1 rings (SSSR count). The lowest BCUT2D eigenvalue weighted by atomic mass is 10.1. The van der Waals surface area contributed by atoms with E-state index in [0.29, 0.717) is 17.1 Å². The number of nitrogens with zero attached hydrogens (tertiary/aromatic N) is 1. The summed E-state index contributed by atoms with van der Waals surface area (Å²) >= 11 is 0. The van der Waals surface area contributed by atoms with Gasteiger partial charge in [0.15, 0.2) is 0 Å². The summed E-state index contributed by atoms with van der Waals surface area (Å²) in [6.07, 6.45) is 2.04. The minimum absolute atomic E-state index is 0.0858. The normalized spacial score (nSPS) is 12.2. The van der Waals surface area contributed by atoms with Gasteiger partial charge in [-0.3, -0.25) is 9.59 Å². The highest BCUT2D eigenvalue weighted by Gasteiger charge is 2.13. The molecule has 0 aliphatic rings. The summed E-state index contributed by atoms with van der Waals surface area (Å²) in [5.74, 6) is 0.441. The Bertz CT molecular complexity index is 480. The molecule has 0 spiro atoms. The van der Waals surface area contributed by atoms with Gasteiger partial charge in [-0.2, -0.15) is 0 Å². The quantitative estimate of drug-likeness (QED) is 0.826. The summed E-state index contributed by atoms with van der Waals surface area (Å²) in [6, 6.07) is 0.139. The van der Waals surface area contributed by atoms with Crippen LogP contribution in [0.25, 0.3) is 0 Å². The van der Waals surface area contributed by atoms with Crippen LogP contribution >= 0.6 is 0 Å². The highest BCUT2D eigenvalue weighted by atomic mass is 16.2. The van der Waals surface area contributed by atoms with Gasteiger partial charge < -0.3 is 10.3 Å². The van der Waals surface area contributed by atoms with Gasteiger partial charge in [-0.15, -0.1) is 0 Å². The van der Waals surface area contributed by atoms with E-state index >= 15 is 0 Å². The number of nitrogens with one attached hydrogen (secondary N) is 2. The standard InChI is InChI=1S/C13H21N3O2/c1-5-6-8(2)14-12(17)7-11-9(3)15-10(4)16-13(11)18/h8H,5-7H2,1-4H3,(H,14,17)(H,15,16,18)/t8-/m1/s1. The lowest BCUT2D eigenvalue weighted by Gasteiger charge is -2.13. The van der Waals surface area contributed by atoms with Crippen molar-refractivity contribution in [2.75, 3.05) is 0 Å². The van der Waals surface area contributed by atoms with Gasteiger partial charge in [0.25, 0.3) is 5.56 Å². The number of aryl methyl sites for hydroxylation is 2. The van der Waals surface area contributed by atoms with E-state index in [4.69, 9.17) is 0 Å². The summed E-state index contributed by atoms with van der Waals surface area (Å²) in [6.45, 7) is 7.51. The Morgan fingerprint density at radius 3 is 2.67 bits per heavy atom. The third kappa shape index (κ3) is 3.98. The fourth-order valence-electron chi connectivity index (χ4n) is 1.95. The van der Waals surface area contributed by atoms with Gasteiger partial charge in [0.05, 0.1) is 6.42 Å². The van der Waals surface area contributed by atoms with E-state index in [0.717, 1.165) is 12.8 Å². The number of aromatic amines is 1. The van der Waals surface area contributed by atoms with Crippen LogP contribution in [-0.4, -0.2) is 21.9 Å². The number of carbonyl (C=O) groups is 1. The Labute approximate surface area is 107 Å². The minimum atomic E-state index is -0.224. The third-order valence-corrected chi connectivity index (χ3v) is 2.81. The van der Waals surface area contributed by atoms with Gasteiger partial charge in [0.2, 0.25) is 5.91 Å². The van der Waals surface area contributed by atoms with Crippen LogP contribution in [0.1, 0.15) is 43.8 Å². The maximum Gasteiger partial charge on any atom is 0.254 e. The molecule has 2 N–H and O–H groups in total. The number of carbonyl (C=O) groups excluding carboxylic acids is 1. The maximum absolute atomic E-state index is 11.8. The zero-order valence-electron chi connectivity index (χ0n) is 11.5. The van der Waals surface area contributed by atoms with Crippen LogP contribution in [0.5, 0.6) is 0 Å². The molecule has 18 heavy (non-hydrogen) atoms. The zero-order valence-corrected chi connectivity index (χ0v) is 11.5. The van der Waals surface area contributed by atoms with Gasteiger partial charge in [0, 0.05) is 17.3 Å². The van der Waals surface area contributed by atoms with Crippen LogP contribution in [0.4, 0.5) is 0 Å². The molecule has 5 nitrogen and oxygen atoms in total. The molecular formula is C13H21N3O2. The Hall–Kier alpha value is -1.65. The molecule has 1 amide bonds. The second-order valence-electron chi connectivity index (χ2n) is 4.65. The van der Waals surface area contributed by atoms with E-state index < -0.39 is 0 Å². The molecule has 1 aromatic heterocycles. The fourth-order valence-corrected chi connectivity index (χ4v) is 1.95. The Kier molecular flexibility index (Phi) is 5.07. The van der Waals surface area contributed by atoms with Gasteiger partial charge >= 0.3 is 0 Å². The van der Waals surface area contributed by atoms with Crippen molar-refractivity contribution in [3.05, 3.63) is 27.4 Å². The average molecular weight is 251 g/mol. The molecule has 100 valence electrons. The highest BCUT2D eigenvalue weighted by Crippen LogP contribution is 2.01. The van der Waals surface area contributed by atoms with E-state index in [9.17, 15) is 9.59 Å². The van der Waals surface area contributed by atoms with Gasteiger partial charge in [-0.05, 0) is 27.2 Å². The molecule has 0 unspecified atom stereocenters. The predicted octanol–water partition coefficient (Wildman–Crippen LogP) is 1.23. The number of aromatic nitrogens is 2. The van der Waals surface area contributed by atoms with Crippen molar-refractivity contribution >= 4 is 5.91 Å². The van der Waals surface area contributed by atoms with Crippen molar-refractivity contribution in [1.29, 1.82) is 0 Å². The zero-order chi connectivity index (χ0) is 13.7. The second kappa shape index (κ2) is 6.33. The summed E-state index contributed by atoms with van der Waals surface area (Å²) in [5.41, 5.74) is 0.842. The molecule has 0 saturated heterocycles. The van der Waals surface area contributed by atoms with E-state index in [1.807, 2.05) is 6.92 Å². The van der Waals surface area contributed by atoms with Crippen molar-refractivity contribution in [3.8, 4) is 0 Å². The lowest BCUT2D eigenvalue weighted by Crippen LogP contribution is -2.35. The first-order valence-electron chi connectivity index (χ1n) is 6.29. The van der Waals surface area contributed by atoms with Crippen LogP contribution in [0.3, 0.4) is 0 Å². The Morgan fingerprint density at radius 2 is 2.11 bits per heavy atom. The maximum atomic E-state index is 11.8. The topological polar surface area (TPSA) is 74.8 Å². The van der Waals surface area contributed by atoms with Gasteiger partial charge in [0.1, 0.15) is 5.82 Å². The molecule has 0 saturated carbocycles. The molecule has 1 aromatic rings. The first-order chi connectivity index (χ1) is 8.43. The van der Waals surface area contributed by atoms with E-state index in [-0.39, 0.29) is 23.9 Å². The summed E-state index contributed by atoms with van der Waals surface area (Å²) in [5, 5.41) is 2.88. The monoisotopic (exact) mass is 251 g/mol. The van der Waals surface area contributed by atoms with Gasteiger partial charge in [-0.25, -0.2) is 4.98 Å². The van der Waals surface area contributed by atoms with Crippen LogP contribution < -0.4 is 10.9 Å². The minimum Gasteiger partial charge on any atom is -0.353 e. The first-order valence-corrected chi connectivity index (χ1v) is 6.29. The number of hydrogen-bond donors (Lipinski definition) is 2. The molecule has 1 atom stereocenters. The number of amides is 1. The van der Waals surface area contributed by atoms with Gasteiger partial charge in [-0.1, -0.05) is 13.3 Å². The summed E-state index contributed by atoms with van der Waals surface area (Å²) < 4.78 is 0. The lowest BCUT2D eigenvalue weighted by molar-refractivity contribution is -0.121. The molecule has 0 aromatic carbocycles. The van der Waals surface area contributed by atoms with Crippen LogP contribution in [0.15, 0.2) is 4.79 Å². The Balaban J connectivity index is 2.74. The molecular weight excluding hydrogens is 230 g/mol. The van der Waals surface area contributed by atoms with Crippen LogP contribution in [-0.2, 0) is 11.2 Å². The van der Waals surface area contributed by atoms with Crippen molar-refractivity contribution < 1.29 is 4.79 Å². The second-order valence-corrected chi connectivity index (χ2v) is 4.65. The van der Waals surface area contributed by atoms with Crippen molar-refractivity contribution in [1.82, 2.24) is 15.3 Å². The first kappa shape index (κ1) is 14.4. The molecule has 1 heterocycles. The molecule has 0 bridgehead atoms. The molecule has 5 heteroatoms. The van der Waals surface area contributed by atoms with E-state index in [1.54, 1.807) is 13.8 Å². The van der Waals surface area contributed by atoms with Crippen LogP contribution in [0.2, 0.25) is 0 Å². The number of hydrogen-bond acceptors (Lipinski definition) is 3. The average Bonchev–Trinajstić information content (AvgIpc) is 2.23. The fraction of sp³-hybridized carbons (Fsp3) is 0.615. The molecule has 0 fully saturated rings. The van der Waals surface area contributed by atoms with Crippen molar-refractivity contribution in [3.63, 3.8) is 0 Å². The Morgan fingerprint density at radius 1 is 1.44 bits per heavy atom. The molecule has 0 radical (unpaired) electrons. The molecule has 0 aliphatic heterocycles. The van der Waals surface area contributed by atoms with Crippen LogP contribution in [0, 0.1) is 13.8 Å².